The molecule has 2 nitrogen and oxygen atoms in total. The molecular weight excluding hydrogens is 204 g/mol. The largest absolute Gasteiger partial charge is 0.391 e. The number of hydrogen-bond acceptors (Lipinski definition) is 2. The van der Waals surface area contributed by atoms with Crippen LogP contribution in [0.25, 0.3) is 0 Å². The molecule has 1 aromatic rings. The molecule has 14 heavy (non-hydrogen) atoms. The summed E-state index contributed by atoms with van der Waals surface area (Å²) in [6, 6.07) is 0. The Bertz CT molecular complexity index is 334. The predicted octanol–water partition coefficient (Wildman–Crippen LogP) is 1.23. The van der Waals surface area contributed by atoms with Crippen LogP contribution < -0.4 is 0 Å². The lowest BCUT2D eigenvalue weighted by atomic mass is 10.1. The summed E-state index contributed by atoms with van der Waals surface area (Å²) in [5.41, 5.74) is -1.99. The molecule has 0 atom stereocenters. The van der Waals surface area contributed by atoms with Gasteiger partial charge in [0.25, 0.3) is 0 Å². The fourth-order valence-corrected chi connectivity index (χ4v) is 1.01. The van der Waals surface area contributed by atoms with Crippen molar-refractivity contribution in [1.29, 1.82) is 0 Å². The highest BCUT2D eigenvalue weighted by molar-refractivity contribution is 5.29. The topological polar surface area (TPSA) is 40.5 Å². The van der Waals surface area contributed by atoms with Gasteiger partial charge in [0.1, 0.15) is 5.82 Å². The van der Waals surface area contributed by atoms with E-state index in [2.05, 4.69) is 0 Å². The summed E-state index contributed by atoms with van der Waals surface area (Å²) in [7, 11) is 0. The van der Waals surface area contributed by atoms with Gasteiger partial charge < -0.3 is 10.2 Å². The van der Waals surface area contributed by atoms with E-state index in [1.165, 1.54) is 0 Å². The van der Waals surface area contributed by atoms with Gasteiger partial charge in [-0.3, -0.25) is 0 Å². The predicted molar refractivity (Wildman–Crippen MR) is 38.1 cm³/mol. The SMILES string of the molecule is OCc1c(F)c(F)c(F)c(CO)c1F. The number of hydrogen-bond donors (Lipinski definition) is 2. The van der Waals surface area contributed by atoms with Crippen LogP contribution in [0.2, 0.25) is 0 Å². The minimum absolute atomic E-state index is 0.993. The third kappa shape index (κ3) is 1.46. The van der Waals surface area contributed by atoms with Crippen molar-refractivity contribution in [3.8, 4) is 0 Å². The Hall–Kier alpha value is -1.14. The van der Waals surface area contributed by atoms with Crippen LogP contribution in [-0.2, 0) is 13.2 Å². The average molecular weight is 210 g/mol. The molecule has 0 aromatic heterocycles. The van der Waals surface area contributed by atoms with Crippen molar-refractivity contribution in [3.05, 3.63) is 34.4 Å². The first-order chi connectivity index (χ1) is 6.54. The van der Waals surface area contributed by atoms with Crippen molar-refractivity contribution in [1.82, 2.24) is 0 Å². The Balaban J connectivity index is 3.56. The van der Waals surface area contributed by atoms with Crippen LogP contribution in [0.15, 0.2) is 0 Å². The lowest BCUT2D eigenvalue weighted by Gasteiger charge is -2.08. The van der Waals surface area contributed by atoms with Crippen LogP contribution in [0.1, 0.15) is 11.1 Å². The van der Waals surface area contributed by atoms with E-state index in [0.29, 0.717) is 0 Å². The van der Waals surface area contributed by atoms with Crippen LogP contribution in [0.3, 0.4) is 0 Å². The highest BCUT2D eigenvalue weighted by atomic mass is 19.2. The van der Waals surface area contributed by atoms with Gasteiger partial charge in [-0.1, -0.05) is 0 Å². The van der Waals surface area contributed by atoms with Gasteiger partial charge in [0, 0.05) is 0 Å². The Morgan fingerprint density at radius 3 is 1.29 bits per heavy atom. The van der Waals surface area contributed by atoms with Crippen molar-refractivity contribution in [3.63, 3.8) is 0 Å². The molecule has 0 bridgehead atoms. The van der Waals surface area contributed by atoms with Crippen molar-refractivity contribution in [2.24, 2.45) is 0 Å². The molecule has 0 radical (unpaired) electrons. The van der Waals surface area contributed by atoms with Crippen LogP contribution >= 0.6 is 0 Å². The molecule has 0 heterocycles. The molecule has 0 amide bonds. The van der Waals surface area contributed by atoms with Crippen LogP contribution in [0, 0.1) is 23.3 Å². The Kier molecular flexibility index (Phi) is 3.07. The fraction of sp³-hybridized carbons (Fsp3) is 0.250. The highest BCUT2D eigenvalue weighted by Crippen LogP contribution is 2.23. The summed E-state index contributed by atoms with van der Waals surface area (Å²) in [5.74, 6) is -6.93. The minimum Gasteiger partial charge on any atom is -0.391 e. The van der Waals surface area contributed by atoms with Crippen LogP contribution in [0.5, 0.6) is 0 Å². The zero-order valence-corrected chi connectivity index (χ0v) is 6.82. The fourth-order valence-electron chi connectivity index (χ4n) is 1.01. The summed E-state index contributed by atoms with van der Waals surface area (Å²) < 4.78 is 51.2. The van der Waals surface area contributed by atoms with Crippen molar-refractivity contribution in [2.45, 2.75) is 13.2 Å². The van der Waals surface area contributed by atoms with Gasteiger partial charge >= 0.3 is 0 Å². The Labute approximate surface area is 76.4 Å². The number of rotatable bonds is 2. The maximum Gasteiger partial charge on any atom is 0.195 e. The molecule has 1 aromatic carbocycles. The van der Waals surface area contributed by atoms with Crippen LogP contribution in [0.4, 0.5) is 17.6 Å². The quantitative estimate of drug-likeness (QED) is 0.438. The van der Waals surface area contributed by atoms with Crippen molar-refractivity contribution >= 4 is 0 Å². The van der Waals surface area contributed by atoms with E-state index >= 15 is 0 Å². The summed E-state index contributed by atoms with van der Waals surface area (Å²) >= 11 is 0. The van der Waals surface area contributed by atoms with Gasteiger partial charge in [-0.25, -0.2) is 17.6 Å². The molecule has 0 aliphatic heterocycles. The maximum atomic E-state index is 13.0. The summed E-state index contributed by atoms with van der Waals surface area (Å²) in [4.78, 5) is 0. The third-order valence-corrected chi connectivity index (χ3v) is 1.76. The third-order valence-electron chi connectivity index (χ3n) is 1.76. The molecule has 6 heteroatoms. The monoisotopic (exact) mass is 210 g/mol. The molecule has 78 valence electrons. The molecule has 0 unspecified atom stereocenters. The van der Waals surface area contributed by atoms with E-state index in [1.54, 1.807) is 0 Å². The first-order valence-electron chi connectivity index (χ1n) is 3.60. The van der Waals surface area contributed by atoms with E-state index in [0.717, 1.165) is 0 Å². The van der Waals surface area contributed by atoms with Gasteiger partial charge in [0.05, 0.1) is 24.3 Å². The van der Waals surface area contributed by atoms with Gasteiger partial charge in [-0.2, -0.15) is 0 Å². The highest BCUT2D eigenvalue weighted by Gasteiger charge is 2.23. The van der Waals surface area contributed by atoms with Crippen molar-refractivity contribution in [2.75, 3.05) is 0 Å². The molecule has 0 saturated heterocycles. The normalized spacial score (nSPS) is 10.7. The number of benzene rings is 1. The van der Waals surface area contributed by atoms with Crippen LogP contribution in [-0.4, -0.2) is 10.2 Å². The molecular formula is C8H6F4O2. The molecule has 0 fully saturated rings. The smallest absolute Gasteiger partial charge is 0.195 e. The standard InChI is InChI=1S/C8H6F4O2/c9-5-3(1-13)6(10)8(12)7(11)4(5)2-14/h13-14H,1-2H2. The molecule has 0 aliphatic rings. The molecule has 0 spiro atoms. The number of halogens is 4. The second kappa shape index (κ2) is 3.93. The lowest BCUT2D eigenvalue weighted by Crippen LogP contribution is -2.08. The van der Waals surface area contributed by atoms with Gasteiger partial charge in [0.15, 0.2) is 17.5 Å². The second-order valence-electron chi connectivity index (χ2n) is 2.53. The molecule has 1 rings (SSSR count). The van der Waals surface area contributed by atoms with E-state index < -0.39 is 47.6 Å². The summed E-state index contributed by atoms with van der Waals surface area (Å²) in [6.45, 7) is -2.22. The number of aliphatic hydroxyl groups excluding tert-OH is 2. The van der Waals surface area contributed by atoms with E-state index in [9.17, 15) is 17.6 Å². The maximum absolute atomic E-state index is 13.0. The zero-order valence-electron chi connectivity index (χ0n) is 6.82. The first kappa shape index (κ1) is 10.9. The van der Waals surface area contributed by atoms with E-state index in [1.807, 2.05) is 0 Å². The Morgan fingerprint density at radius 1 is 0.643 bits per heavy atom. The van der Waals surface area contributed by atoms with E-state index in [-0.39, 0.29) is 0 Å². The minimum atomic E-state index is -1.90. The lowest BCUT2D eigenvalue weighted by molar-refractivity contribution is 0.247. The van der Waals surface area contributed by atoms with Gasteiger partial charge in [-0.05, 0) is 0 Å². The van der Waals surface area contributed by atoms with Gasteiger partial charge in [0.2, 0.25) is 0 Å². The molecule has 2 N–H and O–H groups in total. The summed E-state index contributed by atoms with van der Waals surface area (Å²) in [6.07, 6.45) is 0. The van der Waals surface area contributed by atoms with E-state index in [4.69, 9.17) is 10.2 Å². The van der Waals surface area contributed by atoms with Gasteiger partial charge in [-0.15, -0.1) is 0 Å². The second-order valence-corrected chi connectivity index (χ2v) is 2.53. The Morgan fingerprint density at radius 2 is 1.00 bits per heavy atom. The number of aliphatic hydroxyl groups is 2. The first-order valence-corrected chi connectivity index (χ1v) is 3.60. The molecule has 0 aliphatic carbocycles. The van der Waals surface area contributed by atoms with Crippen molar-refractivity contribution < 1.29 is 27.8 Å². The average Bonchev–Trinajstić information content (AvgIpc) is 2.16. The molecule has 0 saturated carbocycles. The zero-order chi connectivity index (χ0) is 10.9. The summed E-state index contributed by atoms with van der Waals surface area (Å²) in [5, 5.41) is 17.0.